The molecule has 4 N–H and O–H groups in total. The molecular weight excluding hydrogens is 342 g/mol. The molecule has 0 bridgehead atoms. The number of amides is 1. The van der Waals surface area contributed by atoms with Crippen molar-refractivity contribution in [2.45, 2.75) is 23.8 Å². The van der Waals surface area contributed by atoms with Crippen molar-refractivity contribution in [3.05, 3.63) is 36.3 Å². The summed E-state index contributed by atoms with van der Waals surface area (Å²) in [6.45, 7) is 1.60. The van der Waals surface area contributed by atoms with Gasteiger partial charge in [0.05, 0.1) is 11.2 Å². The van der Waals surface area contributed by atoms with Crippen LogP contribution in [0.2, 0.25) is 0 Å². The van der Waals surface area contributed by atoms with Crippen LogP contribution in [0.1, 0.15) is 29.4 Å². The topological polar surface area (TPSA) is 124 Å². The van der Waals surface area contributed by atoms with Crippen LogP contribution in [0.15, 0.2) is 35.5 Å². The molecule has 1 amide bonds. The summed E-state index contributed by atoms with van der Waals surface area (Å²) < 4.78 is 24.9. The zero-order chi connectivity index (χ0) is 18.2. The van der Waals surface area contributed by atoms with Crippen LogP contribution < -0.4 is 16.4 Å². The zero-order valence-electron chi connectivity index (χ0n) is 13.9. The molecule has 2 heterocycles. The van der Waals surface area contributed by atoms with E-state index in [1.54, 1.807) is 18.5 Å². The second-order valence-electron chi connectivity index (χ2n) is 6.23. The molecule has 1 saturated heterocycles. The molecule has 0 atom stereocenters. The largest absolute Gasteiger partial charge is 0.383 e. The number of hydrogen-bond donors (Lipinski definition) is 2. The predicted molar refractivity (Wildman–Crippen MR) is 95.2 cm³/mol. The molecule has 134 valence electrons. The van der Waals surface area contributed by atoms with Crippen LogP contribution in [0.25, 0.3) is 0 Å². The Balaban J connectivity index is 1.69. The van der Waals surface area contributed by atoms with Gasteiger partial charge in [-0.2, -0.15) is 0 Å². The van der Waals surface area contributed by atoms with Gasteiger partial charge in [0.15, 0.2) is 15.5 Å². The van der Waals surface area contributed by atoms with E-state index in [1.165, 1.54) is 6.26 Å². The number of imidazole rings is 1. The van der Waals surface area contributed by atoms with E-state index < -0.39 is 15.7 Å². The Kier molecular flexibility index (Phi) is 4.42. The van der Waals surface area contributed by atoms with E-state index in [1.807, 2.05) is 16.7 Å². The van der Waals surface area contributed by atoms with Crippen molar-refractivity contribution in [2.24, 2.45) is 5.73 Å². The predicted octanol–water partition coefficient (Wildman–Crippen LogP) is 0.809. The summed E-state index contributed by atoms with van der Waals surface area (Å²) >= 11 is 0. The van der Waals surface area contributed by atoms with Crippen LogP contribution in [0, 0.1) is 0 Å². The van der Waals surface area contributed by atoms with Crippen LogP contribution in [0.4, 0.5) is 11.5 Å². The van der Waals surface area contributed by atoms with Crippen LogP contribution >= 0.6 is 0 Å². The molecule has 0 aliphatic carbocycles. The molecule has 0 spiro atoms. The van der Waals surface area contributed by atoms with Crippen molar-refractivity contribution >= 4 is 27.2 Å². The molecule has 0 saturated carbocycles. The maximum absolute atomic E-state index is 11.5. The second kappa shape index (κ2) is 6.40. The van der Waals surface area contributed by atoms with Crippen molar-refractivity contribution in [3.63, 3.8) is 0 Å². The first-order chi connectivity index (χ1) is 11.8. The molecule has 8 nitrogen and oxygen atoms in total. The number of hydrogen-bond acceptors (Lipinski definition) is 6. The Bertz CT molecular complexity index is 881. The molecular formula is C16H21N5O3S. The monoisotopic (exact) mass is 363 g/mol. The van der Waals surface area contributed by atoms with Crippen molar-refractivity contribution in [1.29, 1.82) is 0 Å². The highest BCUT2D eigenvalue weighted by molar-refractivity contribution is 7.90. The molecule has 2 aromatic rings. The quantitative estimate of drug-likeness (QED) is 0.828. The number of rotatable bonds is 4. The Labute approximate surface area is 146 Å². The van der Waals surface area contributed by atoms with Gasteiger partial charge in [0, 0.05) is 31.1 Å². The number of nitrogen functional groups attached to an aromatic ring is 1. The van der Waals surface area contributed by atoms with Gasteiger partial charge in [-0.3, -0.25) is 4.79 Å². The lowest BCUT2D eigenvalue weighted by molar-refractivity contribution is 0.0997. The summed E-state index contributed by atoms with van der Waals surface area (Å²) in [5.74, 6) is -0.317. The Hall–Kier alpha value is -2.55. The summed E-state index contributed by atoms with van der Waals surface area (Å²) in [6.07, 6.45) is 4.44. The molecule has 0 unspecified atom stereocenters. The standard InChI is InChI=1S/C16H21N5O3S/c1-25(23,24)13-4-2-11(3-5-13)20-8-6-12(7-9-20)21-10-19-14(15(21)17)16(18)22/h2-5,10,12H,6-9,17H2,1H3,(H2,18,22). The first-order valence-electron chi connectivity index (χ1n) is 7.94. The number of aromatic nitrogens is 2. The number of anilines is 2. The van der Waals surface area contributed by atoms with Gasteiger partial charge < -0.3 is 20.9 Å². The molecule has 1 aliphatic heterocycles. The van der Waals surface area contributed by atoms with E-state index in [9.17, 15) is 13.2 Å². The Morgan fingerprint density at radius 3 is 2.28 bits per heavy atom. The Morgan fingerprint density at radius 1 is 1.20 bits per heavy atom. The first-order valence-corrected chi connectivity index (χ1v) is 9.83. The van der Waals surface area contributed by atoms with Crippen LogP contribution in [0.3, 0.4) is 0 Å². The fourth-order valence-electron chi connectivity index (χ4n) is 3.16. The highest BCUT2D eigenvalue weighted by Crippen LogP contribution is 2.29. The third-order valence-electron chi connectivity index (χ3n) is 4.55. The summed E-state index contributed by atoms with van der Waals surface area (Å²) in [6, 6.07) is 7.07. The average molecular weight is 363 g/mol. The fourth-order valence-corrected chi connectivity index (χ4v) is 3.79. The summed E-state index contributed by atoms with van der Waals surface area (Å²) in [7, 11) is -3.19. The molecule has 9 heteroatoms. The van der Waals surface area contributed by atoms with Gasteiger partial charge in [0.25, 0.3) is 5.91 Å². The van der Waals surface area contributed by atoms with Crippen molar-refractivity contribution in [1.82, 2.24) is 9.55 Å². The minimum absolute atomic E-state index is 0.110. The van der Waals surface area contributed by atoms with E-state index in [4.69, 9.17) is 11.5 Å². The van der Waals surface area contributed by atoms with Gasteiger partial charge in [0.2, 0.25) is 0 Å². The van der Waals surface area contributed by atoms with Gasteiger partial charge in [-0.25, -0.2) is 13.4 Å². The lowest BCUT2D eigenvalue weighted by Gasteiger charge is -2.34. The first kappa shape index (κ1) is 17.3. The highest BCUT2D eigenvalue weighted by Gasteiger charge is 2.24. The highest BCUT2D eigenvalue weighted by atomic mass is 32.2. The van der Waals surface area contributed by atoms with Gasteiger partial charge in [-0.1, -0.05) is 0 Å². The van der Waals surface area contributed by atoms with Crippen molar-refractivity contribution < 1.29 is 13.2 Å². The van der Waals surface area contributed by atoms with E-state index >= 15 is 0 Å². The third-order valence-corrected chi connectivity index (χ3v) is 5.68. The molecule has 3 rings (SSSR count). The smallest absolute Gasteiger partial charge is 0.271 e. The average Bonchev–Trinajstić information content (AvgIpc) is 2.96. The van der Waals surface area contributed by atoms with Gasteiger partial charge in [-0.05, 0) is 37.1 Å². The van der Waals surface area contributed by atoms with Gasteiger partial charge in [-0.15, -0.1) is 0 Å². The van der Waals surface area contributed by atoms with E-state index in [0.29, 0.717) is 10.7 Å². The third kappa shape index (κ3) is 3.46. The number of carbonyl (C=O) groups is 1. The lowest BCUT2D eigenvalue weighted by Crippen LogP contribution is -2.34. The number of piperidine rings is 1. The van der Waals surface area contributed by atoms with Gasteiger partial charge >= 0.3 is 0 Å². The van der Waals surface area contributed by atoms with Crippen LogP contribution in [-0.2, 0) is 9.84 Å². The molecule has 1 aromatic carbocycles. The van der Waals surface area contributed by atoms with Crippen molar-refractivity contribution in [3.8, 4) is 0 Å². The summed E-state index contributed by atoms with van der Waals surface area (Å²) in [4.78, 5) is 17.8. The minimum atomic E-state index is -3.19. The van der Waals surface area contributed by atoms with E-state index in [-0.39, 0.29) is 11.7 Å². The number of benzene rings is 1. The number of primary amides is 1. The molecule has 25 heavy (non-hydrogen) atoms. The number of nitrogens with two attached hydrogens (primary N) is 2. The zero-order valence-corrected chi connectivity index (χ0v) is 14.7. The number of nitrogens with zero attached hydrogens (tertiary/aromatic N) is 3. The maximum Gasteiger partial charge on any atom is 0.271 e. The SMILES string of the molecule is CS(=O)(=O)c1ccc(N2CCC(n3cnc(C(N)=O)c3N)CC2)cc1. The van der Waals surface area contributed by atoms with Crippen LogP contribution in [-0.4, -0.2) is 43.2 Å². The molecule has 1 aliphatic rings. The van der Waals surface area contributed by atoms with E-state index in [0.717, 1.165) is 31.6 Å². The fraction of sp³-hybridized carbons (Fsp3) is 0.375. The number of carbonyl (C=O) groups excluding carboxylic acids is 1. The lowest BCUT2D eigenvalue weighted by atomic mass is 10.0. The van der Waals surface area contributed by atoms with Crippen molar-refractivity contribution in [2.75, 3.05) is 30.0 Å². The van der Waals surface area contributed by atoms with Gasteiger partial charge in [0.1, 0.15) is 5.82 Å². The maximum atomic E-state index is 11.5. The number of sulfone groups is 1. The summed E-state index contributed by atoms with van der Waals surface area (Å²) in [5, 5.41) is 0. The normalized spacial score (nSPS) is 16.1. The summed E-state index contributed by atoms with van der Waals surface area (Å²) in [5.41, 5.74) is 12.3. The van der Waals surface area contributed by atoms with Crippen LogP contribution in [0.5, 0.6) is 0 Å². The minimum Gasteiger partial charge on any atom is -0.383 e. The molecule has 0 radical (unpaired) electrons. The van der Waals surface area contributed by atoms with E-state index in [2.05, 4.69) is 9.88 Å². The molecule has 1 fully saturated rings. The Morgan fingerprint density at radius 2 is 1.80 bits per heavy atom. The molecule has 1 aromatic heterocycles. The second-order valence-corrected chi connectivity index (χ2v) is 8.25.